The molecule has 0 aromatic rings. The molecule has 16 heavy (non-hydrogen) atoms. The van der Waals surface area contributed by atoms with Crippen molar-refractivity contribution < 1.29 is 4.74 Å². The van der Waals surface area contributed by atoms with Crippen LogP contribution in [0.1, 0.15) is 45.4 Å². The van der Waals surface area contributed by atoms with E-state index >= 15 is 0 Å². The van der Waals surface area contributed by atoms with Crippen molar-refractivity contribution in [3.63, 3.8) is 0 Å². The molecule has 0 radical (unpaired) electrons. The third kappa shape index (κ3) is 3.19. The summed E-state index contributed by atoms with van der Waals surface area (Å²) < 4.78 is 5.56. The molecule has 3 unspecified atom stereocenters. The van der Waals surface area contributed by atoms with Gasteiger partial charge in [-0.05, 0) is 38.5 Å². The van der Waals surface area contributed by atoms with Gasteiger partial charge in [0.2, 0.25) is 0 Å². The lowest BCUT2D eigenvalue weighted by atomic mass is 9.84. The van der Waals surface area contributed by atoms with Crippen molar-refractivity contribution in [3.8, 4) is 0 Å². The van der Waals surface area contributed by atoms with Crippen molar-refractivity contribution in [1.29, 1.82) is 0 Å². The number of ether oxygens (including phenoxy) is 1. The maximum absolute atomic E-state index is 6.17. The summed E-state index contributed by atoms with van der Waals surface area (Å²) in [5, 5.41) is 3.69. The van der Waals surface area contributed by atoms with E-state index in [1.54, 1.807) is 0 Å². The van der Waals surface area contributed by atoms with Crippen LogP contribution in [0.2, 0.25) is 0 Å². The molecular formula is C13H26N2O. The minimum atomic E-state index is 0.190. The zero-order valence-corrected chi connectivity index (χ0v) is 10.5. The molecule has 3 nitrogen and oxygen atoms in total. The molecule has 2 aliphatic rings. The Morgan fingerprint density at radius 3 is 2.81 bits per heavy atom. The van der Waals surface area contributed by atoms with Crippen LogP contribution in [-0.2, 0) is 4.74 Å². The molecule has 1 aliphatic carbocycles. The highest BCUT2D eigenvalue weighted by Gasteiger charge is 2.29. The molecule has 3 atom stereocenters. The van der Waals surface area contributed by atoms with Crippen LogP contribution in [0.5, 0.6) is 0 Å². The van der Waals surface area contributed by atoms with Crippen LogP contribution in [-0.4, -0.2) is 31.3 Å². The largest absolute Gasteiger partial charge is 0.380 e. The first kappa shape index (κ1) is 12.3. The standard InChI is InChI=1S/C13H26N2O/c1-13(7-4-8-16-10-13)15-9-11-5-2-3-6-12(11)14/h11-12,15H,2-10,14H2,1H3. The molecule has 0 bridgehead atoms. The van der Waals surface area contributed by atoms with Crippen molar-refractivity contribution in [3.05, 3.63) is 0 Å². The number of rotatable bonds is 3. The Balaban J connectivity index is 1.76. The van der Waals surface area contributed by atoms with Crippen LogP contribution in [0, 0.1) is 5.92 Å². The first-order valence-corrected chi connectivity index (χ1v) is 6.78. The van der Waals surface area contributed by atoms with Crippen molar-refractivity contribution in [2.45, 2.75) is 57.0 Å². The quantitative estimate of drug-likeness (QED) is 0.769. The summed E-state index contributed by atoms with van der Waals surface area (Å²) in [5.74, 6) is 0.674. The van der Waals surface area contributed by atoms with Crippen LogP contribution in [0.3, 0.4) is 0 Å². The average molecular weight is 226 g/mol. The number of hydrogen-bond donors (Lipinski definition) is 2. The molecule has 3 heteroatoms. The molecule has 1 saturated heterocycles. The van der Waals surface area contributed by atoms with E-state index in [0.29, 0.717) is 12.0 Å². The monoisotopic (exact) mass is 226 g/mol. The maximum atomic E-state index is 6.17. The van der Waals surface area contributed by atoms with Crippen molar-refractivity contribution in [1.82, 2.24) is 5.32 Å². The third-order valence-electron chi connectivity index (χ3n) is 4.20. The zero-order chi connectivity index (χ0) is 11.4. The second-order valence-corrected chi connectivity index (χ2v) is 5.81. The third-order valence-corrected chi connectivity index (χ3v) is 4.20. The molecule has 2 fully saturated rings. The van der Waals surface area contributed by atoms with E-state index in [9.17, 15) is 0 Å². The zero-order valence-electron chi connectivity index (χ0n) is 10.5. The highest BCUT2D eigenvalue weighted by atomic mass is 16.5. The molecule has 1 heterocycles. The van der Waals surface area contributed by atoms with Gasteiger partial charge in [0.05, 0.1) is 6.61 Å². The predicted octanol–water partition coefficient (Wildman–Crippen LogP) is 1.66. The summed E-state index contributed by atoms with van der Waals surface area (Å²) in [5.41, 5.74) is 6.36. The molecule has 0 spiro atoms. The van der Waals surface area contributed by atoms with E-state index in [2.05, 4.69) is 12.2 Å². The number of nitrogens with two attached hydrogens (primary N) is 1. The van der Waals surface area contributed by atoms with Crippen LogP contribution < -0.4 is 11.1 Å². The molecule has 1 aliphatic heterocycles. The van der Waals surface area contributed by atoms with Gasteiger partial charge in [-0.15, -0.1) is 0 Å². The Morgan fingerprint density at radius 1 is 1.31 bits per heavy atom. The lowest BCUT2D eigenvalue weighted by molar-refractivity contribution is 0.0256. The lowest BCUT2D eigenvalue weighted by Crippen LogP contribution is -2.52. The fourth-order valence-corrected chi connectivity index (χ4v) is 2.94. The SMILES string of the molecule is CC1(NCC2CCCCC2N)CCCOC1. The summed E-state index contributed by atoms with van der Waals surface area (Å²) in [6.45, 7) is 5.14. The Labute approximate surface area is 99.1 Å². The van der Waals surface area contributed by atoms with Crippen LogP contribution in [0.15, 0.2) is 0 Å². The minimum Gasteiger partial charge on any atom is -0.380 e. The number of hydrogen-bond acceptors (Lipinski definition) is 3. The molecule has 0 aromatic heterocycles. The minimum absolute atomic E-state index is 0.190. The van der Waals surface area contributed by atoms with Gasteiger partial charge in [0.1, 0.15) is 0 Å². The summed E-state index contributed by atoms with van der Waals surface area (Å²) in [6.07, 6.45) is 7.59. The van der Waals surface area contributed by atoms with E-state index in [4.69, 9.17) is 10.5 Å². The second kappa shape index (κ2) is 5.48. The van der Waals surface area contributed by atoms with E-state index in [-0.39, 0.29) is 5.54 Å². The van der Waals surface area contributed by atoms with Crippen molar-refractivity contribution >= 4 is 0 Å². The Hall–Kier alpha value is -0.120. The highest BCUT2D eigenvalue weighted by molar-refractivity contribution is 4.88. The topological polar surface area (TPSA) is 47.3 Å². The summed E-state index contributed by atoms with van der Waals surface area (Å²) in [4.78, 5) is 0. The van der Waals surface area contributed by atoms with E-state index in [0.717, 1.165) is 19.8 Å². The molecule has 1 saturated carbocycles. The first-order chi connectivity index (χ1) is 7.70. The Kier molecular flexibility index (Phi) is 4.22. The van der Waals surface area contributed by atoms with Crippen LogP contribution in [0.25, 0.3) is 0 Å². The van der Waals surface area contributed by atoms with Crippen LogP contribution in [0.4, 0.5) is 0 Å². The van der Waals surface area contributed by atoms with E-state index in [1.807, 2.05) is 0 Å². The van der Waals surface area contributed by atoms with Gasteiger partial charge in [-0.25, -0.2) is 0 Å². The van der Waals surface area contributed by atoms with Gasteiger partial charge in [-0.2, -0.15) is 0 Å². The Bertz CT molecular complexity index is 214. The van der Waals surface area contributed by atoms with Gasteiger partial charge in [-0.3, -0.25) is 0 Å². The van der Waals surface area contributed by atoms with Crippen LogP contribution >= 0.6 is 0 Å². The molecule has 0 aromatic carbocycles. The molecule has 94 valence electrons. The molecule has 2 rings (SSSR count). The van der Waals surface area contributed by atoms with Crippen molar-refractivity contribution in [2.75, 3.05) is 19.8 Å². The highest BCUT2D eigenvalue weighted by Crippen LogP contribution is 2.24. The summed E-state index contributed by atoms with van der Waals surface area (Å²) >= 11 is 0. The summed E-state index contributed by atoms with van der Waals surface area (Å²) in [6, 6.07) is 0.411. The van der Waals surface area contributed by atoms with E-state index < -0.39 is 0 Å². The molecule has 0 amide bonds. The lowest BCUT2D eigenvalue weighted by Gasteiger charge is -2.37. The second-order valence-electron chi connectivity index (χ2n) is 5.81. The fraction of sp³-hybridized carbons (Fsp3) is 1.00. The van der Waals surface area contributed by atoms with Gasteiger partial charge in [0, 0.05) is 24.7 Å². The summed E-state index contributed by atoms with van der Waals surface area (Å²) in [7, 11) is 0. The Morgan fingerprint density at radius 2 is 2.12 bits per heavy atom. The fourth-order valence-electron chi connectivity index (χ4n) is 2.94. The smallest absolute Gasteiger partial charge is 0.0645 e. The van der Waals surface area contributed by atoms with Gasteiger partial charge in [0.25, 0.3) is 0 Å². The van der Waals surface area contributed by atoms with E-state index in [1.165, 1.54) is 38.5 Å². The average Bonchev–Trinajstić information content (AvgIpc) is 2.29. The van der Waals surface area contributed by atoms with Gasteiger partial charge in [0.15, 0.2) is 0 Å². The van der Waals surface area contributed by atoms with Gasteiger partial charge < -0.3 is 15.8 Å². The normalized spacial score (nSPS) is 40.9. The molecule has 3 N–H and O–H groups in total. The number of nitrogens with one attached hydrogen (secondary N) is 1. The van der Waals surface area contributed by atoms with Gasteiger partial charge in [-0.1, -0.05) is 12.8 Å². The van der Waals surface area contributed by atoms with Crippen molar-refractivity contribution in [2.24, 2.45) is 11.7 Å². The van der Waals surface area contributed by atoms with Gasteiger partial charge >= 0.3 is 0 Å². The molecular weight excluding hydrogens is 200 g/mol. The first-order valence-electron chi connectivity index (χ1n) is 6.78. The maximum Gasteiger partial charge on any atom is 0.0645 e. The predicted molar refractivity (Wildman–Crippen MR) is 66.4 cm³/mol.